The first-order valence-electron chi connectivity index (χ1n) is 3.71. The maximum absolute atomic E-state index is 5.31. The van der Waals surface area contributed by atoms with Crippen LogP contribution in [0.3, 0.4) is 0 Å². The van der Waals surface area contributed by atoms with Gasteiger partial charge in [0, 0.05) is 5.56 Å². The Hall–Kier alpha value is -1.70. The third-order valence-corrected chi connectivity index (χ3v) is 1.62. The summed E-state index contributed by atoms with van der Waals surface area (Å²) in [7, 11) is 0. The summed E-state index contributed by atoms with van der Waals surface area (Å²) < 4.78 is 0. The standard InChI is InChI=1S/C12H10/c1-4-6-12-9-10(3)7-8-11(12)5-2/h2,6-9H,1H2,3H3. The summed E-state index contributed by atoms with van der Waals surface area (Å²) in [5, 5.41) is 0. The van der Waals surface area contributed by atoms with Gasteiger partial charge in [0.25, 0.3) is 0 Å². The van der Waals surface area contributed by atoms with Gasteiger partial charge in [-0.1, -0.05) is 30.2 Å². The van der Waals surface area contributed by atoms with Gasteiger partial charge < -0.3 is 0 Å². The van der Waals surface area contributed by atoms with Crippen LogP contribution in [0.5, 0.6) is 0 Å². The summed E-state index contributed by atoms with van der Waals surface area (Å²) in [5.41, 5.74) is 5.80. The number of aryl methyl sites for hydroxylation is 1. The van der Waals surface area contributed by atoms with Gasteiger partial charge in [-0.05, 0) is 24.6 Å². The van der Waals surface area contributed by atoms with Gasteiger partial charge in [0.1, 0.15) is 0 Å². The largest absolute Gasteiger partial charge is 0.128 e. The third-order valence-electron chi connectivity index (χ3n) is 1.62. The van der Waals surface area contributed by atoms with Crippen LogP contribution >= 0.6 is 0 Å². The van der Waals surface area contributed by atoms with Crippen molar-refractivity contribution >= 4 is 6.08 Å². The van der Waals surface area contributed by atoms with E-state index in [1.165, 1.54) is 5.56 Å². The predicted octanol–water partition coefficient (Wildman–Crippen LogP) is 2.77. The molecule has 0 saturated carbocycles. The molecule has 12 heavy (non-hydrogen) atoms. The highest BCUT2D eigenvalue weighted by atomic mass is 14.0. The molecule has 1 rings (SSSR count). The molecule has 0 fully saturated rings. The lowest BCUT2D eigenvalue weighted by Crippen LogP contribution is -1.82. The molecule has 0 N–H and O–H groups in total. The zero-order valence-corrected chi connectivity index (χ0v) is 7.09. The molecule has 0 aromatic heterocycles. The lowest BCUT2D eigenvalue weighted by atomic mass is 10.1. The van der Waals surface area contributed by atoms with E-state index in [2.05, 4.69) is 18.2 Å². The summed E-state index contributed by atoms with van der Waals surface area (Å²) in [6.45, 7) is 5.54. The Morgan fingerprint density at radius 1 is 1.50 bits per heavy atom. The molecule has 0 amide bonds. The van der Waals surface area contributed by atoms with E-state index < -0.39 is 0 Å². The van der Waals surface area contributed by atoms with Crippen LogP contribution < -0.4 is 0 Å². The van der Waals surface area contributed by atoms with Crippen molar-refractivity contribution in [2.75, 3.05) is 0 Å². The van der Waals surface area contributed by atoms with Crippen LogP contribution in [0.1, 0.15) is 16.7 Å². The molecule has 0 aliphatic rings. The molecule has 0 atom stereocenters. The molecule has 58 valence electrons. The third kappa shape index (κ3) is 1.66. The molecule has 0 radical (unpaired) electrons. The number of terminal acetylenes is 1. The number of hydrogen-bond acceptors (Lipinski definition) is 0. The van der Waals surface area contributed by atoms with E-state index in [4.69, 9.17) is 6.42 Å². The lowest BCUT2D eigenvalue weighted by molar-refractivity contribution is 1.44. The van der Waals surface area contributed by atoms with Gasteiger partial charge in [0.2, 0.25) is 0 Å². The van der Waals surface area contributed by atoms with Crippen LogP contribution in [-0.4, -0.2) is 0 Å². The summed E-state index contributed by atoms with van der Waals surface area (Å²) >= 11 is 0. The molecular formula is C12H10. The van der Waals surface area contributed by atoms with Crippen molar-refractivity contribution in [1.29, 1.82) is 0 Å². The summed E-state index contributed by atoms with van der Waals surface area (Å²) in [4.78, 5) is 0. The van der Waals surface area contributed by atoms with E-state index in [1.54, 1.807) is 6.08 Å². The molecule has 0 heterocycles. The second kappa shape index (κ2) is 3.62. The van der Waals surface area contributed by atoms with Crippen molar-refractivity contribution in [2.45, 2.75) is 6.92 Å². The Kier molecular flexibility index (Phi) is 2.53. The Morgan fingerprint density at radius 2 is 2.25 bits per heavy atom. The number of rotatable bonds is 1. The summed E-state index contributed by atoms with van der Waals surface area (Å²) in [5.74, 6) is 2.61. The molecule has 0 nitrogen and oxygen atoms in total. The molecule has 0 spiro atoms. The van der Waals surface area contributed by atoms with Crippen molar-refractivity contribution in [2.24, 2.45) is 0 Å². The van der Waals surface area contributed by atoms with Gasteiger partial charge in [-0.15, -0.1) is 12.2 Å². The number of hydrogen-bond donors (Lipinski definition) is 0. The number of benzene rings is 1. The van der Waals surface area contributed by atoms with Crippen LogP contribution in [0.25, 0.3) is 6.08 Å². The summed E-state index contributed by atoms with van der Waals surface area (Å²) in [6.07, 6.45) is 7.11. The average Bonchev–Trinajstić information content (AvgIpc) is 2.05. The second-order valence-electron chi connectivity index (χ2n) is 2.58. The summed E-state index contributed by atoms with van der Waals surface area (Å²) in [6, 6.07) is 5.95. The molecule has 0 bridgehead atoms. The van der Waals surface area contributed by atoms with Gasteiger partial charge in [0.05, 0.1) is 0 Å². The second-order valence-corrected chi connectivity index (χ2v) is 2.58. The van der Waals surface area contributed by atoms with Crippen molar-refractivity contribution in [3.05, 3.63) is 47.2 Å². The molecular weight excluding hydrogens is 144 g/mol. The first kappa shape index (κ1) is 8.40. The molecule has 0 aliphatic carbocycles. The van der Waals surface area contributed by atoms with Crippen LogP contribution in [0.15, 0.2) is 30.5 Å². The van der Waals surface area contributed by atoms with Gasteiger partial charge >= 0.3 is 0 Å². The minimum atomic E-state index is 0.886. The molecule has 0 heteroatoms. The Balaban J connectivity index is 3.33. The highest BCUT2D eigenvalue weighted by molar-refractivity contribution is 5.59. The minimum absolute atomic E-state index is 0.886. The molecule has 1 aromatic rings. The van der Waals surface area contributed by atoms with Gasteiger partial charge in [-0.3, -0.25) is 0 Å². The zero-order chi connectivity index (χ0) is 8.97. The van der Waals surface area contributed by atoms with Crippen LogP contribution in [0.2, 0.25) is 0 Å². The maximum atomic E-state index is 5.31. The van der Waals surface area contributed by atoms with Gasteiger partial charge in [-0.25, -0.2) is 0 Å². The fraction of sp³-hybridized carbons (Fsp3) is 0.0833. The van der Waals surface area contributed by atoms with Crippen molar-refractivity contribution < 1.29 is 0 Å². The predicted molar refractivity (Wildman–Crippen MR) is 52.7 cm³/mol. The van der Waals surface area contributed by atoms with Crippen molar-refractivity contribution in [1.82, 2.24) is 0 Å². The fourth-order valence-electron chi connectivity index (χ4n) is 1.04. The Labute approximate surface area is 73.2 Å². The molecule has 0 unspecified atom stereocenters. The minimum Gasteiger partial charge on any atom is -0.128 e. The average molecular weight is 154 g/mol. The Morgan fingerprint density at radius 3 is 2.83 bits per heavy atom. The van der Waals surface area contributed by atoms with E-state index in [0.717, 1.165) is 11.1 Å². The van der Waals surface area contributed by atoms with E-state index in [9.17, 15) is 0 Å². The molecule has 1 aromatic carbocycles. The first-order valence-corrected chi connectivity index (χ1v) is 3.71. The topological polar surface area (TPSA) is 0 Å². The highest BCUT2D eigenvalue weighted by Crippen LogP contribution is 2.11. The normalized spacial score (nSPS) is 8.33. The zero-order valence-electron chi connectivity index (χ0n) is 7.09. The maximum Gasteiger partial charge on any atom is 0.0321 e. The monoisotopic (exact) mass is 154 g/mol. The molecule has 0 saturated heterocycles. The Bertz CT molecular complexity index is 372. The fourth-order valence-corrected chi connectivity index (χ4v) is 1.04. The van der Waals surface area contributed by atoms with Crippen molar-refractivity contribution in [3.8, 4) is 12.3 Å². The quantitative estimate of drug-likeness (QED) is 0.431. The van der Waals surface area contributed by atoms with Gasteiger partial charge in [0.15, 0.2) is 0 Å². The van der Waals surface area contributed by atoms with Crippen molar-refractivity contribution in [3.63, 3.8) is 0 Å². The van der Waals surface area contributed by atoms with Gasteiger partial charge in [-0.2, -0.15) is 0 Å². The lowest BCUT2D eigenvalue weighted by Gasteiger charge is -1.98. The molecule has 0 aliphatic heterocycles. The van der Waals surface area contributed by atoms with Crippen LogP contribution in [-0.2, 0) is 0 Å². The smallest absolute Gasteiger partial charge is 0.0321 e. The van der Waals surface area contributed by atoms with E-state index in [-0.39, 0.29) is 0 Å². The van der Waals surface area contributed by atoms with Crippen LogP contribution in [0, 0.1) is 19.3 Å². The first-order chi connectivity index (χ1) is 5.77. The highest BCUT2D eigenvalue weighted by Gasteiger charge is 1.94. The van der Waals surface area contributed by atoms with Crippen LogP contribution in [0.4, 0.5) is 0 Å². The van der Waals surface area contributed by atoms with E-state index in [0.29, 0.717) is 0 Å². The van der Waals surface area contributed by atoms with E-state index in [1.807, 2.05) is 25.1 Å². The SMILES string of the molecule is C#Cc1ccc(C)cc1C=C=C. The van der Waals surface area contributed by atoms with E-state index >= 15 is 0 Å².